The molecule has 0 radical (unpaired) electrons. The van der Waals surface area contributed by atoms with Crippen LogP contribution in [0.3, 0.4) is 0 Å². The van der Waals surface area contributed by atoms with E-state index in [1.807, 2.05) is 0 Å². The van der Waals surface area contributed by atoms with Crippen molar-refractivity contribution in [2.45, 2.75) is 44.8 Å². The summed E-state index contributed by atoms with van der Waals surface area (Å²) in [4.78, 5) is 19.5. The molecular weight excluding hydrogens is 335 g/mol. The number of H-pyrrole nitrogens is 1. The fourth-order valence-electron chi connectivity index (χ4n) is 3.00. The molecular formula is C16H20F3N5O. The lowest BCUT2D eigenvalue weighted by Crippen LogP contribution is -2.32. The van der Waals surface area contributed by atoms with E-state index in [4.69, 9.17) is 0 Å². The molecule has 0 aliphatic heterocycles. The number of carbonyl (C=O) groups is 1. The number of alkyl halides is 3. The summed E-state index contributed by atoms with van der Waals surface area (Å²) in [5, 5.41) is 6.74. The molecule has 2 N–H and O–H groups in total. The van der Waals surface area contributed by atoms with Crippen LogP contribution in [0.5, 0.6) is 0 Å². The molecule has 0 aromatic carbocycles. The molecule has 1 unspecified atom stereocenters. The molecule has 1 fully saturated rings. The van der Waals surface area contributed by atoms with Gasteiger partial charge in [-0.2, -0.15) is 18.3 Å². The van der Waals surface area contributed by atoms with Crippen LogP contribution in [-0.2, 0) is 7.05 Å². The third-order valence-electron chi connectivity index (χ3n) is 4.82. The van der Waals surface area contributed by atoms with E-state index in [1.54, 1.807) is 26.2 Å². The van der Waals surface area contributed by atoms with E-state index in [0.717, 1.165) is 0 Å². The van der Waals surface area contributed by atoms with Crippen LogP contribution in [0.25, 0.3) is 0 Å². The van der Waals surface area contributed by atoms with Crippen LogP contribution in [0.2, 0.25) is 0 Å². The third kappa shape index (κ3) is 3.54. The lowest BCUT2D eigenvalue weighted by Gasteiger charge is -2.23. The molecule has 6 nitrogen and oxygen atoms in total. The number of hydrogen-bond acceptors (Lipinski definition) is 3. The maximum absolute atomic E-state index is 13.2. The summed E-state index contributed by atoms with van der Waals surface area (Å²) in [6.45, 7) is 1.75. The number of aromatic amines is 1. The molecule has 136 valence electrons. The van der Waals surface area contributed by atoms with Gasteiger partial charge in [0.25, 0.3) is 5.91 Å². The van der Waals surface area contributed by atoms with Gasteiger partial charge in [-0.1, -0.05) is 0 Å². The second-order valence-electron chi connectivity index (χ2n) is 6.61. The minimum absolute atomic E-state index is 0.0229. The van der Waals surface area contributed by atoms with E-state index in [9.17, 15) is 18.0 Å². The van der Waals surface area contributed by atoms with E-state index < -0.39 is 17.6 Å². The van der Waals surface area contributed by atoms with E-state index in [1.165, 1.54) is 10.9 Å². The minimum Gasteiger partial charge on any atom is -0.344 e. The number of carbonyl (C=O) groups excluding carboxylic acids is 1. The van der Waals surface area contributed by atoms with Crippen LogP contribution < -0.4 is 5.32 Å². The minimum atomic E-state index is -4.20. The molecule has 1 amide bonds. The van der Waals surface area contributed by atoms with Gasteiger partial charge in [-0.15, -0.1) is 0 Å². The van der Waals surface area contributed by atoms with E-state index >= 15 is 0 Å². The highest BCUT2D eigenvalue weighted by atomic mass is 19.4. The summed E-state index contributed by atoms with van der Waals surface area (Å²) < 4.78 is 40.9. The monoisotopic (exact) mass is 355 g/mol. The standard InChI is InChI=1S/C16H20F3N5O/c1-10-20-9-12(22-10)11(3-5-15(6-7-15)16(17,18)19)23-14(25)13-4-8-21-24(13)2/h4,8-9,11H,3,5-7H2,1-2H3,(H,20,22)(H,23,25). The fourth-order valence-corrected chi connectivity index (χ4v) is 3.00. The molecule has 2 aromatic heterocycles. The summed E-state index contributed by atoms with van der Waals surface area (Å²) in [7, 11) is 1.63. The average Bonchev–Trinajstić information content (AvgIpc) is 3.03. The Morgan fingerprint density at radius 2 is 2.20 bits per heavy atom. The smallest absolute Gasteiger partial charge is 0.344 e. The number of nitrogens with one attached hydrogen (secondary N) is 2. The molecule has 1 aliphatic rings. The van der Waals surface area contributed by atoms with Gasteiger partial charge in [0.1, 0.15) is 11.5 Å². The van der Waals surface area contributed by atoms with Crippen molar-refractivity contribution in [2.75, 3.05) is 0 Å². The van der Waals surface area contributed by atoms with Gasteiger partial charge < -0.3 is 10.3 Å². The Morgan fingerprint density at radius 1 is 1.48 bits per heavy atom. The SMILES string of the molecule is Cc1ncc(C(CCC2(C(F)(F)F)CC2)NC(=O)c2ccnn2C)[nH]1. The average molecular weight is 355 g/mol. The predicted molar refractivity (Wildman–Crippen MR) is 83.7 cm³/mol. The maximum atomic E-state index is 13.2. The highest BCUT2D eigenvalue weighted by Gasteiger charge is 2.62. The van der Waals surface area contributed by atoms with Crippen molar-refractivity contribution in [1.82, 2.24) is 25.1 Å². The molecule has 1 atom stereocenters. The first-order valence-corrected chi connectivity index (χ1v) is 8.09. The van der Waals surface area contributed by atoms with Crippen LogP contribution >= 0.6 is 0 Å². The van der Waals surface area contributed by atoms with Crippen molar-refractivity contribution in [3.63, 3.8) is 0 Å². The molecule has 1 saturated carbocycles. The number of nitrogens with zero attached hydrogens (tertiary/aromatic N) is 3. The Kier molecular flexibility index (Phi) is 4.34. The van der Waals surface area contributed by atoms with Crippen LogP contribution in [0.1, 0.15) is 53.7 Å². The highest BCUT2D eigenvalue weighted by Crippen LogP contribution is 2.61. The fraction of sp³-hybridized carbons (Fsp3) is 0.562. The number of amides is 1. The maximum Gasteiger partial charge on any atom is 0.394 e. The van der Waals surface area contributed by atoms with E-state index in [0.29, 0.717) is 17.2 Å². The lowest BCUT2D eigenvalue weighted by atomic mass is 9.95. The Labute approximate surface area is 142 Å². The number of aromatic nitrogens is 4. The van der Waals surface area contributed by atoms with Gasteiger partial charge in [0.05, 0.1) is 23.3 Å². The number of hydrogen-bond donors (Lipinski definition) is 2. The Morgan fingerprint density at radius 3 is 2.68 bits per heavy atom. The van der Waals surface area contributed by atoms with Gasteiger partial charge in [0.2, 0.25) is 0 Å². The van der Waals surface area contributed by atoms with Gasteiger partial charge in [0.15, 0.2) is 0 Å². The van der Waals surface area contributed by atoms with Gasteiger partial charge in [-0.25, -0.2) is 4.98 Å². The quantitative estimate of drug-likeness (QED) is 0.836. The van der Waals surface area contributed by atoms with Gasteiger partial charge >= 0.3 is 6.18 Å². The summed E-state index contributed by atoms with van der Waals surface area (Å²) >= 11 is 0. The van der Waals surface area contributed by atoms with Crippen molar-refractivity contribution < 1.29 is 18.0 Å². The first-order chi connectivity index (χ1) is 11.7. The zero-order chi connectivity index (χ0) is 18.2. The van der Waals surface area contributed by atoms with E-state index in [2.05, 4.69) is 20.4 Å². The van der Waals surface area contributed by atoms with Crippen molar-refractivity contribution in [1.29, 1.82) is 0 Å². The summed E-state index contributed by atoms with van der Waals surface area (Å²) in [5.41, 5.74) is -0.651. The molecule has 25 heavy (non-hydrogen) atoms. The first kappa shape index (κ1) is 17.5. The largest absolute Gasteiger partial charge is 0.394 e. The second kappa shape index (κ2) is 6.20. The highest BCUT2D eigenvalue weighted by molar-refractivity contribution is 5.92. The van der Waals surface area contributed by atoms with Gasteiger partial charge in [-0.05, 0) is 38.7 Å². The van der Waals surface area contributed by atoms with Gasteiger partial charge in [0, 0.05) is 13.2 Å². The molecule has 0 spiro atoms. The second-order valence-corrected chi connectivity index (χ2v) is 6.61. The molecule has 2 aromatic rings. The Balaban J connectivity index is 1.74. The van der Waals surface area contributed by atoms with Crippen molar-refractivity contribution in [2.24, 2.45) is 12.5 Å². The van der Waals surface area contributed by atoms with Crippen molar-refractivity contribution >= 4 is 5.91 Å². The first-order valence-electron chi connectivity index (χ1n) is 8.09. The number of rotatable bonds is 6. The van der Waals surface area contributed by atoms with Crippen molar-refractivity contribution in [3.8, 4) is 0 Å². The lowest BCUT2D eigenvalue weighted by molar-refractivity contribution is -0.189. The van der Waals surface area contributed by atoms with Crippen LogP contribution in [0, 0.1) is 12.3 Å². The molecule has 9 heteroatoms. The summed E-state index contributed by atoms with van der Waals surface area (Å²) in [5.74, 6) is 0.265. The van der Waals surface area contributed by atoms with Crippen molar-refractivity contribution in [3.05, 3.63) is 35.7 Å². The van der Waals surface area contributed by atoms with Gasteiger partial charge in [-0.3, -0.25) is 9.48 Å². The molecule has 0 saturated heterocycles. The van der Waals surface area contributed by atoms with Crippen LogP contribution in [0.4, 0.5) is 13.2 Å². The Hall–Kier alpha value is -2.32. The zero-order valence-corrected chi connectivity index (χ0v) is 14.0. The topological polar surface area (TPSA) is 75.6 Å². The van der Waals surface area contributed by atoms with Crippen LogP contribution in [0.15, 0.2) is 18.5 Å². The van der Waals surface area contributed by atoms with E-state index in [-0.39, 0.29) is 31.6 Å². The predicted octanol–water partition coefficient (Wildman–Crippen LogP) is 3.05. The summed E-state index contributed by atoms with van der Waals surface area (Å²) in [6, 6.07) is 0.992. The number of halogens is 3. The molecule has 1 aliphatic carbocycles. The number of aryl methyl sites for hydroxylation is 2. The zero-order valence-electron chi connectivity index (χ0n) is 14.0. The number of imidazole rings is 1. The van der Waals surface area contributed by atoms with Crippen LogP contribution in [-0.4, -0.2) is 31.8 Å². The molecule has 2 heterocycles. The summed E-state index contributed by atoms with van der Waals surface area (Å²) in [6.07, 6.45) is -0.686. The molecule has 0 bridgehead atoms. The third-order valence-corrected chi connectivity index (χ3v) is 4.82. The normalized spacial score (nSPS) is 17.3. The molecule has 3 rings (SSSR count). The Bertz CT molecular complexity index is 760.